The Bertz CT molecular complexity index is 3620. The van der Waals surface area contributed by atoms with E-state index in [0.717, 1.165) is 61.9 Å². The summed E-state index contributed by atoms with van der Waals surface area (Å²) in [6.07, 6.45) is 5.37. The number of rotatable bonds is 7. The number of nitrogens with zero attached hydrogens (tertiary/aromatic N) is 4. The molecule has 1 atom stereocenters. The number of para-hydroxylation sites is 3. The summed E-state index contributed by atoms with van der Waals surface area (Å²) < 4.78 is 15.1. The van der Waals surface area contributed by atoms with Crippen molar-refractivity contribution in [3.63, 3.8) is 0 Å². The zero-order chi connectivity index (χ0) is 47.1. The molecule has 7 aromatic carbocycles. The second-order valence-electron chi connectivity index (χ2n) is 21.1. The molecule has 6 heteroatoms. The smallest absolute Gasteiger partial charge is 0.0622 e. The van der Waals surface area contributed by atoms with E-state index in [1.807, 2.05) is 6.20 Å². The van der Waals surface area contributed by atoms with E-state index in [1.165, 1.54) is 72.8 Å². The van der Waals surface area contributed by atoms with Crippen LogP contribution in [0.4, 0.5) is 0 Å². The van der Waals surface area contributed by atoms with E-state index < -0.39 is 0 Å². The van der Waals surface area contributed by atoms with E-state index in [-0.39, 0.29) is 10.8 Å². The Hall–Kier alpha value is -6.55. The molecule has 0 spiro atoms. The molecule has 342 valence electrons. The van der Waals surface area contributed by atoms with Gasteiger partial charge in [0.15, 0.2) is 0 Å². The summed E-state index contributed by atoms with van der Waals surface area (Å²) in [6, 6.07) is 57.8. The Morgan fingerprint density at radius 1 is 0.559 bits per heavy atom. The van der Waals surface area contributed by atoms with Crippen LogP contribution in [0.2, 0.25) is 0 Å². The minimum atomic E-state index is -0.0289. The topological polar surface area (TPSA) is 36.9 Å². The molecule has 5 nitrogen and oxygen atoms in total. The van der Waals surface area contributed by atoms with E-state index in [0.29, 0.717) is 5.92 Å². The molecule has 3 aromatic heterocycles. The first-order chi connectivity index (χ1) is 32.7. The molecule has 1 unspecified atom stereocenters. The summed E-state index contributed by atoms with van der Waals surface area (Å²) in [7, 11) is 0. The van der Waals surface area contributed by atoms with Gasteiger partial charge in [0.25, 0.3) is 0 Å². The van der Waals surface area contributed by atoms with Crippen LogP contribution >= 0.6 is 0 Å². The van der Waals surface area contributed by atoms with Crippen molar-refractivity contribution in [2.45, 2.75) is 85.5 Å². The number of pyridine rings is 1. The number of benzene rings is 7. The molecule has 10 aromatic rings. The molecule has 68 heavy (non-hydrogen) atoms. The van der Waals surface area contributed by atoms with Gasteiger partial charge in [-0.15, -0.1) is 0 Å². The van der Waals surface area contributed by atoms with Gasteiger partial charge in [0.1, 0.15) is 0 Å². The van der Waals surface area contributed by atoms with Crippen molar-refractivity contribution in [3.05, 3.63) is 196 Å². The third-order valence-corrected chi connectivity index (χ3v) is 15.0. The molecule has 1 aliphatic rings. The Kier molecular flexibility index (Phi) is 10.9. The molecule has 1 aliphatic carbocycles. The summed E-state index contributed by atoms with van der Waals surface area (Å²) in [4.78, 5) is 4.91. The second-order valence-corrected chi connectivity index (χ2v) is 22.1. The normalized spacial score (nSPS) is 14.2. The van der Waals surface area contributed by atoms with Crippen molar-refractivity contribution in [3.8, 4) is 50.9 Å². The van der Waals surface area contributed by atoms with Crippen LogP contribution in [0.1, 0.15) is 82.7 Å². The van der Waals surface area contributed by atoms with Crippen molar-refractivity contribution in [2.24, 2.45) is 5.92 Å². The maximum atomic E-state index is 6.89. The monoisotopic (exact) mass is 1070 g/mol. The summed E-state index contributed by atoms with van der Waals surface area (Å²) in [6.45, 7) is 18.4. The van der Waals surface area contributed by atoms with E-state index in [2.05, 4.69) is 246 Å². The summed E-state index contributed by atoms with van der Waals surface area (Å²) in [5.74, 6) is 3.16. The summed E-state index contributed by atoms with van der Waals surface area (Å²) in [5.41, 5.74) is 18.1. The van der Waals surface area contributed by atoms with Gasteiger partial charge in [0, 0.05) is 6.20 Å². The van der Waals surface area contributed by atoms with Crippen molar-refractivity contribution in [1.82, 2.24) is 18.7 Å². The number of hydrogen-bond donors (Lipinski definition) is 0. The van der Waals surface area contributed by atoms with Crippen LogP contribution in [-0.2, 0) is 43.0 Å². The number of imidazole rings is 1. The van der Waals surface area contributed by atoms with Gasteiger partial charge in [-0.25, -0.2) is 0 Å². The quantitative estimate of drug-likeness (QED) is 0.159. The van der Waals surface area contributed by atoms with E-state index in [1.54, 1.807) is 0 Å². The third kappa shape index (κ3) is 7.89. The average molecular weight is 1070 g/mol. The number of ether oxygens (including phenoxy) is 1. The Balaban J connectivity index is 1.06. The van der Waals surface area contributed by atoms with Crippen LogP contribution in [0.15, 0.2) is 164 Å². The molecule has 0 saturated carbocycles. The molecule has 0 radical (unpaired) electrons. The van der Waals surface area contributed by atoms with Crippen LogP contribution in [0, 0.1) is 16.6 Å². The van der Waals surface area contributed by atoms with Gasteiger partial charge in [-0.05, 0) is 54.9 Å². The maximum absolute atomic E-state index is 6.89. The molecule has 11 rings (SSSR count). The van der Waals surface area contributed by atoms with Crippen LogP contribution in [0.5, 0.6) is 11.5 Å². The molecule has 0 fully saturated rings. The van der Waals surface area contributed by atoms with Gasteiger partial charge in [-0.3, -0.25) is 0 Å². The fourth-order valence-corrected chi connectivity index (χ4v) is 11.4. The fourth-order valence-electron chi connectivity index (χ4n) is 10.3. The van der Waals surface area contributed by atoms with Crippen LogP contribution < -0.4 is 4.74 Å². The number of aryl methyl sites for hydroxylation is 2. The molecule has 3 heterocycles. The first-order valence-electron chi connectivity index (χ1n) is 24.0. The van der Waals surface area contributed by atoms with Crippen molar-refractivity contribution in [1.29, 1.82) is 0 Å². The Morgan fingerprint density at radius 3 is 1.94 bits per heavy atom. The van der Waals surface area contributed by atoms with Gasteiger partial charge in [-0.1, -0.05) is 6.92 Å². The minimum absolute atomic E-state index is 0.0289. The van der Waals surface area contributed by atoms with E-state index in [4.69, 9.17) is 9.72 Å². The molecule has 0 saturated heterocycles. The summed E-state index contributed by atoms with van der Waals surface area (Å²) >= 11 is 2.54. The van der Waals surface area contributed by atoms with Crippen molar-refractivity contribution >= 4 is 32.8 Å². The van der Waals surface area contributed by atoms with Gasteiger partial charge in [0.2, 0.25) is 0 Å². The number of hydrogen-bond acceptors (Lipinski definition) is 2. The van der Waals surface area contributed by atoms with Crippen LogP contribution in [0.3, 0.4) is 0 Å². The van der Waals surface area contributed by atoms with Crippen LogP contribution in [0.25, 0.3) is 72.3 Å². The number of aromatic nitrogens is 4. The zero-order valence-electron chi connectivity index (χ0n) is 40.3. The van der Waals surface area contributed by atoms with Crippen molar-refractivity contribution < 1.29 is 24.1 Å². The standard InChI is InChI=1S/C62H58N4O.Pt/c1-40-24-25-43-35-57-54(34-44(43)30-40)53-27-26-50(38-58(53)66(57)59-31-41(2)28-29-63-59)67-49-19-14-18-48(37-49)64-39-65(56-23-13-12-22-55(56)64)60-51(42-16-10-9-11-17-42)20-15-21-52(60)45-32-46(61(3,4)5)36-47(33-45)62(6,7)8;/h9-23,26-29,31-38,40H,24-25,30H2,1-8H3;. The molecule has 0 N–H and O–H groups in total. The van der Waals surface area contributed by atoms with Gasteiger partial charge in [-0.2, -0.15) is 0 Å². The molecule has 0 bridgehead atoms. The minimum Gasteiger partial charge on any atom is -0.0622 e. The third-order valence-electron chi connectivity index (χ3n) is 14.0. The van der Waals surface area contributed by atoms with E-state index in [9.17, 15) is 0 Å². The Labute approximate surface area is 411 Å². The molecular formula is C62H58N4OPt. The van der Waals surface area contributed by atoms with Gasteiger partial charge >= 0.3 is 346 Å². The first-order valence-corrected chi connectivity index (χ1v) is 25.2. The zero-order valence-corrected chi connectivity index (χ0v) is 42.6. The Morgan fingerprint density at radius 2 is 1.22 bits per heavy atom. The number of fused-ring (bicyclic) bond motifs is 5. The van der Waals surface area contributed by atoms with Crippen molar-refractivity contribution in [2.75, 3.05) is 0 Å². The second kappa shape index (κ2) is 16.9. The van der Waals surface area contributed by atoms with Gasteiger partial charge in [0.05, 0.1) is 0 Å². The first kappa shape index (κ1) is 44.0. The average Bonchev–Trinajstić information content (AvgIpc) is 3.79. The summed E-state index contributed by atoms with van der Waals surface area (Å²) in [5, 5.41) is 2.47. The molecule has 0 aliphatic heterocycles. The predicted octanol–water partition coefficient (Wildman–Crippen LogP) is 16.1. The molecule has 0 amide bonds. The van der Waals surface area contributed by atoms with Gasteiger partial charge < -0.3 is 0 Å². The SMILES string of the molecule is Cc1ccnc(-n2c3cc(Oc4cccc(-n5[c](=[Pt])n(-c6c(-c7ccccc7)cccc6-c6cc(C(C)(C)C)cc(C(C)(C)C)c6)c6ccccc65)c4)ccc3c3cc4c(cc32)CCC(C)C4)c1. The fraction of sp³-hybridized carbons (Fsp3) is 0.226. The van der Waals surface area contributed by atoms with Crippen LogP contribution in [-0.4, -0.2) is 18.7 Å². The van der Waals surface area contributed by atoms with E-state index >= 15 is 0 Å². The predicted molar refractivity (Wildman–Crippen MR) is 279 cm³/mol. The molecular weight excluding hydrogens is 1010 g/mol.